The molecule has 0 spiro atoms. The fraction of sp³-hybridized carbons (Fsp3) is 0.923. The first-order valence-corrected chi connectivity index (χ1v) is 6.41. The van der Waals surface area contributed by atoms with Gasteiger partial charge < -0.3 is 0 Å². The third-order valence-electron chi connectivity index (χ3n) is 6.61. The predicted molar refractivity (Wildman–Crippen MR) is 51.4 cm³/mol. The molecule has 0 aromatic rings. The average molecular weight is 188 g/mol. The maximum Gasteiger partial charge on any atom is 0.140 e. The van der Waals surface area contributed by atoms with Crippen LogP contribution in [0.2, 0.25) is 0 Å². The van der Waals surface area contributed by atoms with Crippen LogP contribution in [0.1, 0.15) is 25.7 Å². The van der Waals surface area contributed by atoms with Gasteiger partial charge in [-0.15, -0.1) is 0 Å². The Hall–Kier alpha value is -0.330. The van der Waals surface area contributed by atoms with Gasteiger partial charge in [-0.25, -0.2) is 0 Å². The highest BCUT2D eigenvalue weighted by molar-refractivity contribution is 5.90. The van der Waals surface area contributed by atoms with Crippen molar-refractivity contribution < 1.29 is 4.79 Å². The SMILES string of the molecule is O=C1[C@@H]2[C@H]3CC[C@@H]4[C@@H]5CC[C@H]3[C@H]1[C@@H]5[C@@H]42. The standard InChI is InChI=1S/C13H16O/c14-13-11-7-3-1-5-6-2-4-8(7)12(13)10(6)9(5)11/h5-12H,1-4H2/t5-,6+,7+,8-,9-,10+,11-,12+. The fourth-order valence-corrected chi connectivity index (χ4v) is 6.50. The molecule has 0 aromatic carbocycles. The summed E-state index contributed by atoms with van der Waals surface area (Å²) < 4.78 is 0. The Morgan fingerprint density at radius 1 is 0.714 bits per heavy atom. The first kappa shape index (κ1) is 7.03. The van der Waals surface area contributed by atoms with Crippen molar-refractivity contribution in [2.75, 3.05) is 0 Å². The second-order valence-corrected chi connectivity index (χ2v) is 6.42. The van der Waals surface area contributed by atoms with E-state index in [2.05, 4.69) is 0 Å². The van der Waals surface area contributed by atoms with Crippen LogP contribution in [0.3, 0.4) is 0 Å². The second-order valence-electron chi connectivity index (χ2n) is 6.42. The van der Waals surface area contributed by atoms with E-state index < -0.39 is 0 Å². The summed E-state index contributed by atoms with van der Waals surface area (Å²) in [6.45, 7) is 0. The molecule has 0 amide bonds. The smallest absolute Gasteiger partial charge is 0.140 e. The number of hydrogen-bond acceptors (Lipinski definition) is 1. The van der Waals surface area contributed by atoms with Gasteiger partial charge in [-0.2, -0.15) is 0 Å². The summed E-state index contributed by atoms with van der Waals surface area (Å²) >= 11 is 0. The summed E-state index contributed by atoms with van der Waals surface area (Å²) in [7, 11) is 0. The molecule has 0 unspecified atom stereocenters. The Morgan fingerprint density at radius 2 is 1.14 bits per heavy atom. The quantitative estimate of drug-likeness (QED) is 0.569. The second kappa shape index (κ2) is 1.83. The maximum absolute atomic E-state index is 12.2. The number of carbonyl (C=O) groups is 1. The Kier molecular flexibility index (Phi) is 0.921. The molecule has 0 aromatic heterocycles. The number of ketones is 1. The van der Waals surface area contributed by atoms with Crippen LogP contribution in [0, 0.1) is 47.3 Å². The third kappa shape index (κ3) is 0.461. The fourth-order valence-electron chi connectivity index (χ4n) is 6.50. The highest BCUT2D eigenvalue weighted by atomic mass is 16.1. The molecule has 5 rings (SSSR count). The molecule has 8 atom stereocenters. The minimum absolute atomic E-state index is 0.574. The van der Waals surface area contributed by atoms with Gasteiger partial charge in [-0.3, -0.25) is 4.79 Å². The van der Waals surface area contributed by atoms with Crippen molar-refractivity contribution in [1.29, 1.82) is 0 Å². The third-order valence-corrected chi connectivity index (χ3v) is 6.61. The topological polar surface area (TPSA) is 17.1 Å². The van der Waals surface area contributed by atoms with Gasteiger partial charge in [0.05, 0.1) is 0 Å². The van der Waals surface area contributed by atoms with Crippen molar-refractivity contribution in [3.8, 4) is 0 Å². The van der Waals surface area contributed by atoms with Crippen molar-refractivity contribution in [3.63, 3.8) is 0 Å². The molecule has 0 N–H and O–H groups in total. The molecule has 0 radical (unpaired) electrons. The van der Waals surface area contributed by atoms with Crippen LogP contribution in [-0.2, 0) is 4.79 Å². The average Bonchev–Trinajstić information content (AvgIpc) is 2.56. The van der Waals surface area contributed by atoms with Gasteiger partial charge in [0, 0.05) is 11.8 Å². The first-order chi connectivity index (χ1) is 6.88. The van der Waals surface area contributed by atoms with Crippen molar-refractivity contribution in [1.82, 2.24) is 0 Å². The molecule has 74 valence electrons. The predicted octanol–water partition coefficient (Wildman–Crippen LogP) is 2.11. The molecule has 5 saturated carbocycles. The van der Waals surface area contributed by atoms with Crippen LogP contribution >= 0.6 is 0 Å². The van der Waals surface area contributed by atoms with E-state index in [-0.39, 0.29) is 0 Å². The van der Waals surface area contributed by atoms with E-state index >= 15 is 0 Å². The van der Waals surface area contributed by atoms with Gasteiger partial charge in [0.15, 0.2) is 0 Å². The molecule has 0 heterocycles. The molecular formula is C13H16O. The van der Waals surface area contributed by atoms with Gasteiger partial charge in [0.25, 0.3) is 0 Å². The number of carbonyl (C=O) groups excluding carboxylic acids is 1. The number of hydrogen-bond donors (Lipinski definition) is 0. The van der Waals surface area contributed by atoms with E-state index in [0.29, 0.717) is 11.8 Å². The van der Waals surface area contributed by atoms with Crippen molar-refractivity contribution in [2.24, 2.45) is 47.3 Å². The molecule has 2 bridgehead atoms. The summed E-state index contributed by atoms with van der Waals surface area (Å²) in [6, 6.07) is 0. The summed E-state index contributed by atoms with van der Waals surface area (Å²) in [5.74, 6) is 7.36. The van der Waals surface area contributed by atoms with Crippen LogP contribution in [0.15, 0.2) is 0 Å². The zero-order valence-electron chi connectivity index (χ0n) is 8.36. The van der Waals surface area contributed by atoms with E-state index in [1.807, 2.05) is 0 Å². The van der Waals surface area contributed by atoms with Crippen LogP contribution in [0.25, 0.3) is 0 Å². The van der Waals surface area contributed by atoms with Gasteiger partial charge in [-0.05, 0) is 61.2 Å². The van der Waals surface area contributed by atoms with E-state index in [0.717, 1.165) is 41.3 Å². The Morgan fingerprint density at radius 3 is 1.64 bits per heavy atom. The summed E-state index contributed by atoms with van der Waals surface area (Å²) in [5.41, 5.74) is 0. The number of rotatable bonds is 0. The van der Waals surface area contributed by atoms with Gasteiger partial charge in [0.2, 0.25) is 0 Å². The molecule has 1 heteroatoms. The van der Waals surface area contributed by atoms with Crippen LogP contribution in [0.5, 0.6) is 0 Å². The molecule has 0 saturated heterocycles. The van der Waals surface area contributed by atoms with Crippen molar-refractivity contribution in [3.05, 3.63) is 0 Å². The van der Waals surface area contributed by atoms with Crippen LogP contribution in [0.4, 0.5) is 0 Å². The molecule has 5 aliphatic rings. The van der Waals surface area contributed by atoms with Crippen molar-refractivity contribution in [2.45, 2.75) is 25.7 Å². The molecular weight excluding hydrogens is 172 g/mol. The Labute approximate surface area is 84.3 Å². The normalized spacial score (nSPS) is 71.3. The summed E-state index contributed by atoms with van der Waals surface area (Å²) in [4.78, 5) is 12.2. The molecule has 0 aliphatic heterocycles. The lowest BCUT2D eigenvalue weighted by atomic mass is 9.40. The highest BCUT2D eigenvalue weighted by Gasteiger charge is 2.75. The lowest BCUT2D eigenvalue weighted by Gasteiger charge is -2.64. The lowest BCUT2D eigenvalue weighted by Crippen LogP contribution is -2.59. The monoisotopic (exact) mass is 188 g/mol. The van der Waals surface area contributed by atoms with Gasteiger partial charge >= 0.3 is 0 Å². The zero-order valence-corrected chi connectivity index (χ0v) is 8.36. The highest BCUT2D eigenvalue weighted by Crippen LogP contribution is 2.76. The van der Waals surface area contributed by atoms with E-state index in [9.17, 15) is 4.79 Å². The molecule has 1 nitrogen and oxygen atoms in total. The summed E-state index contributed by atoms with van der Waals surface area (Å²) in [5, 5.41) is 0. The molecule has 5 fully saturated rings. The Balaban J connectivity index is 1.78. The lowest BCUT2D eigenvalue weighted by molar-refractivity contribution is -0.168. The maximum atomic E-state index is 12.2. The van der Waals surface area contributed by atoms with Gasteiger partial charge in [0.1, 0.15) is 5.78 Å². The largest absolute Gasteiger partial charge is 0.299 e. The number of Topliss-reactive ketones (excluding diaryl/α,β-unsaturated/α-hetero) is 1. The minimum Gasteiger partial charge on any atom is -0.299 e. The van der Waals surface area contributed by atoms with Crippen LogP contribution < -0.4 is 0 Å². The van der Waals surface area contributed by atoms with E-state index in [1.54, 1.807) is 0 Å². The van der Waals surface area contributed by atoms with E-state index in [4.69, 9.17) is 0 Å². The minimum atomic E-state index is 0.574. The number of fused-ring (bicyclic) bond motifs is 2. The van der Waals surface area contributed by atoms with Crippen molar-refractivity contribution >= 4 is 5.78 Å². The molecule has 5 aliphatic carbocycles. The molecule has 14 heavy (non-hydrogen) atoms. The Bertz CT molecular complexity index is 307. The van der Waals surface area contributed by atoms with Crippen LogP contribution in [-0.4, -0.2) is 5.78 Å². The van der Waals surface area contributed by atoms with E-state index in [1.165, 1.54) is 25.7 Å². The summed E-state index contributed by atoms with van der Waals surface area (Å²) in [6.07, 6.45) is 5.76. The van der Waals surface area contributed by atoms with Gasteiger partial charge in [-0.1, -0.05) is 0 Å². The zero-order chi connectivity index (χ0) is 9.02. The first-order valence-electron chi connectivity index (χ1n) is 6.41.